The predicted octanol–water partition coefficient (Wildman–Crippen LogP) is 1.38. The standard InChI is InChI=1S/C15H30N2O2/c1-11(17(4)14-7-8-19-12(14)2)9-15(3,10-18)16-13-5-6-13/h11-14,16,18H,5-10H2,1-4H3. The van der Waals surface area contributed by atoms with Crippen molar-refractivity contribution in [2.75, 3.05) is 20.3 Å². The minimum Gasteiger partial charge on any atom is -0.394 e. The van der Waals surface area contributed by atoms with Crippen molar-refractivity contribution in [1.29, 1.82) is 0 Å². The number of nitrogens with zero attached hydrogens (tertiary/aromatic N) is 1. The van der Waals surface area contributed by atoms with Gasteiger partial charge in [0.15, 0.2) is 0 Å². The second-order valence-electron chi connectivity index (χ2n) is 6.79. The lowest BCUT2D eigenvalue weighted by molar-refractivity contribution is 0.0556. The Morgan fingerprint density at radius 3 is 2.58 bits per heavy atom. The Balaban J connectivity index is 1.88. The van der Waals surface area contributed by atoms with E-state index in [4.69, 9.17) is 4.74 Å². The quantitative estimate of drug-likeness (QED) is 0.733. The van der Waals surface area contributed by atoms with Gasteiger partial charge in [0, 0.05) is 30.3 Å². The monoisotopic (exact) mass is 270 g/mol. The molecule has 1 aliphatic heterocycles. The Bertz CT molecular complexity index is 296. The van der Waals surface area contributed by atoms with Gasteiger partial charge in [-0.15, -0.1) is 0 Å². The van der Waals surface area contributed by atoms with E-state index in [0.29, 0.717) is 24.2 Å². The van der Waals surface area contributed by atoms with E-state index in [1.54, 1.807) is 0 Å². The molecule has 0 aromatic heterocycles. The van der Waals surface area contributed by atoms with Crippen LogP contribution in [0.25, 0.3) is 0 Å². The Morgan fingerprint density at radius 2 is 2.11 bits per heavy atom. The molecule has 2 fully saturated rings. The summed E-state index contributed by atoms with van der Waals surface area (Å²) in [5.41, 5.74) is -0.155. The number of aliphatic hydroxyl groups excluding tert-OH is 1. The van der Waals surface area contributed by atoms with E-state index in [1.165, 1.54) is 12.8 Å². The fourth-order valence-electron chi connectivity index (χ4n) is 3.27. The third-order valence-electron chi connectivity index (χ3n) is 4.78. The number of hydrogen-bond acceptors (Lipinski definition) is 4. The van der Waals surface area contributed by atoms with E-state index in [0.717, 1.165) is 19.4 Å². The molecule has 4 atom stereocenters. The van der Waals surface area contributed by atoms with Crippen LogP contribution in [0.2, 0.25) is 0 Å². The molecule has 1 saturated heterocycles. The summed E-state index contributed by atoms with van der Waals surface area (Å²) in [5, 5.41) is 13.3. The van der Waals surface area contributed by atoms with Crippen molar-refractivity contribution in [1.82, 2.24) is 10.2 Å². The summed E-state index contributed by atoms with van der Waals surface area (Å²) in [5.74, 6) is 0. The topological polar surface area (TPSA) is 44.7 Å². The zero-order valence-electron chi connectivity index (χ0n) is 12.9. The number of aliphatic hydroxyl groups is 1. The molecule has 0 aromatic carbocycles. The lowest BCUT2D eigenvalue weighted by atomic mass is 9.92. The number of hydrogen-bond donors (Lipinski definition) is 2. The normalized spacial score (nSPS) is 32.5. The van der Waals surface area contributed by atoms with Crippen LogP contribution in [0.15, 0.2) is 0 Å². The third-order valence-corrected chi connectivity index (χ3v) is 4.78. The Morgan fingerprint density at radius 1 is 1.42 bits per heavy atom. The maximum Gasteiger partial charge on any atom is 0.0703 e. The molecule has 4 unspecified atom stereocenters. The minimum atomic E-state index is -0.155. The molecule has 1 saturated carbocycles. The van der Waals surface area contributed by atoms with Gasteiger partial charge in [-0.05, 0) is 53.5 Å². The first-order valence-electron chi connectivity index (χ1n) is 7.67. The van der Waals surface area contributed by atoms with Gasteiger partial charge in [-0.3, -0.25) is 4.90 Å². The molecule has 2 aliphatic rings. The molecular formula is C15H30N2O2. The molecule has 4 heteroatoms. The van der Waals surface area contributed by atoms with Gasteiger partial charge in [0.1, 0.15) is 0 Å². The zero-order valence-corrected chi connectivity index (χ0v) is 12.9. The summed E-state index contributed by atoms with van der Waals surface area (Å²) in [6.45, 7) is 7.64. The van der Waals surface area contributed by atoms with Crippen molar-refractivity contribution in [2.45, 2.75) is 76.2 Å². The Labute approximate surface area is 117 Å². The van der Waals surface area contributed by atoms with Crippen LogP contribution in [-0.2, 0) is 4.74 Å². The van der Waals surface area contributed by atoms with Gasteiger partial charge in [0.05, 0.1) is 12.7 Å². The van der Waals surface area contributed by atoms with E-state index < -0.39 is 0 Å². The zero-order chi connectivity index (χ0) is 14.0. The second kappa shape index (κ2) is 6.08. The SMILES string of the molecule is CC1OCCC1N(C)C(C)CC(C)(CO)NC1CC1. The number of rotatable bonds is 7. The smallest absolute Gasteiger partial charge is 0.0703 e. The molecule has 0 bridgehead atoms. The molecule has 0 spiro atoms. The number of likely N-dealkylation sites (N-methyl/N-ethyl adjacent to an activating group) is 1. The van der Waals surface area contributed by atoms with Crippen LogP contribution < -0.4 is 5.32 Å². The lowest BCUT2D eigenvalue weighted by Gasteiger charge is -2.38. The molecule has 1 heterocycles. The van der Waals surface area contributed by atoms with Gasteiger partial charge >= 0.3 is 0 Å². The fourth-order valence-corrected chi connectivity index (χ4v) is 3.27. The van der Waals surface area contributed by atoms with Crippen LogP contribution in [0.5, 0.6) is 0 Å². The van der Waals surface area contributed by atoms with Crippen LogP contribution in [0.4, 0.5) is 0 Å². The van der Waals surface area contributed by atoms with Gasteiger partial charge in [0.25, 0.3) is 0 Å². The van der Waals surface area contributed by atoms with Crippen LogP contribution >= 0.6 is 0 Å². The van der Waals surface area contributed by atoms with E-state index in [2.05, 4.69) is 38.0 Å². The molecule has 0 radical (unpaired) electrons. The lowest BCUT2D eigenvalue weighted by Crippen LogP contribution is -2.53. The fraction of sp³-hybridized carbons (Fsp3) is 1.00. The van der Waals surface area contributed by atoms with Crippen LogP contribution in [0.3, 0.4) is 0 Å². The van der Waals surface area contributed by atoms with E-state index >= 15 is 0 Å². The molecule has 1 aliphatic carbocycles. The first-order chi connectivity index (χ1) is 8.95. The summed E-state index contributed by atoms with van der Waals surface area (Å²) in [6, 6.07) is 1.58. The van der Waals surface area contributed by atoms with Gasteiger partial charge in [-0.1, -0.05) is 0 Å². The van der Waals surface area contributed by atoms with Crippen molar-refractivity contribution >= 4 is 0 Å². The van der Waals surface area contributed by atoms with Crippen LogP contribution in [-0.4, -0.2) is 60.0 Å². The maximum absolute atomic E-state index is 9.70. The molecular weight excluding hydrogens is 240 g/mol. The van der Waals surface area contributed by atoms with E-state index in [-0.39, 0.29) is 12.1 Å². The second-order valence-corrected chi connectivity index (χ2v) is 6.79. The third kappa shape index (κ3) is 3.91. The maximum atomic E-state index is 9.70. The number of ether oxygens (including phenoxy) is 1. The Hall–Kier alpha value is -0.160. The molecule has 2 rings (SSSR count). The van der Waals surface area contributed by atoms with Crippen LogP contribution in [0, 0.1) is 0 Å². The molecule has 4 nitrogen and oxygen atoms in total. The molecule has 112 valence electrons. The predicted molar refractivity (Wildman–Crippen MR) is 77.3 cm³/mol. The molecule has 2 N–H and O–H groups in total. The molecule has 0 amide bonds. The van der Waals surface area contributed by atoms with E-state index in [1.807, 2.05) is 0 Å². The van der Waals surface area contributed by atoms with Crippen LogP contribution in [0.1, 0.15) is 46.5 Å². The Kier molecular flexibility index (Phi) is 4.88. The van der Waals surface area contributed by atoms with E-state index in [9.17, 15) is 5.11 Å². The highest BCUT2D eigenvalue weighted by Gasteiger charge is 2.36. The highest BCUT2D eigenvalue weighted by atomic mass is 16.5. The largest absolute Gasteiger partial charge is 0.394 e. The summed E-state index contributed by atoms with van der Waals surface area (Å²) < 4.78 is 5.66. The summed E-state index contributed by atoms with van der Waals surface area (Å²) >= 11 is 0. The van der Waals surface area contributed by atoms with Gasteiger partial charge in [0.2, 0.25) is 0 Å². The van der Waals surface area contributed by atoms with Crippen molar-refractivity contribution in [3.8, 4) is 0 Å². The molecule has 0 aromatic rings. The first-order valence-corrected chi connectivity index (χ1v) is 7.67. The summed E-state index contributed by atoms with van der Waals surface area (Å²) in [6.07, 6.45) is 4.93. The highest BCUT2D eigenvalue weighted by Crippen LogP contribution is 2.27. The summed E-state index contributed by atoms with van der Waals surface area (Å²) in [7, 11) is 2.19. The van der Waals surface area contributed by atoms with Crippen molar-refractivity contribution in [3.05, 3.63) is 0 Å². The average molecular weight is 270 g/mol. The van der Waals surface area contributed by atoms with Crippen molar-refractivity contribution in [2.24, 2.45) is 0 Å². The van der Waals surface area contributed by atoms with Gasteiger partial charge < -0.3 is 15.2 Å². The first kappa shape index (κ1) is 15.2. The van der Waals surface area contributed by atoms with Gasteiger partial charge in [-0.25, -0.2) is 0 Å². The average Bonchev–Trinajstić information content (AvgIpc) is 3.07. The van der Waals surface area contributed by atoms with Gasteiger partial charge in [-0.2, -0.15) is 0 Å². The minimum absolute atomic E-state index is 0.155. The molecule has 19 heavy (non-hydrogen) atoms. The highest BCUT2D eigenvalue weighted by molar-refractivity contribution is 4.95. The summed E-state index contributed by atoms with van der Waals surface area (Å²) in [4.78, 5) is 2.43. The van der Waals surface area contributed by atoms with Crippen molar-refractivity contribution in [3.63, 3.8) is 0 Å². The van der Waals surface area contributed by atoms with Crippen molar-refractivity contribution < 1.29 is 9.84 Å². The number of nitrogens with one attached hydrogen (secondary N) is 1.